The molecule has 2 N–H and O–H groups in total. The van der Waals surface area contributed by atoms with Gasteiger partial charge in [-0.05, 0) is 6.42 Å². The lowest BCUT2D eigenvalue weighted by molar-refractivity contribution is 0.0168. The Balaban J connectivity index is 2.76. The van der Waals surface area contributed by atoms with E-state index in [1.807, 2.05) is 0 Å². The molecule has 13 heavy (non-hydrogen) atoms. The first-order valence-corrected chi connectivity index (χ1v) is 4.64. The maximum Gasteiger partial charge on any atom is 0.0701 e. The smallest absolute Gasteiger partial charge is 0.0701 e. The molecule has 0 rings (SSSR count). The quantitative estimate of drug-likeness (QED) is 0.501. The maximum absolute atomic E-state index is 5.23. The summed E-state index contributed by atoms with van der Waals surface area (Å²) in [6.45, 7) is 7.97. The van der Waals surface area contributed by atoms with Gasteiger partial charge in [-0.15, -0.1) is 0 Å². The minimum atomic E-state index is 0.562. The second-order valence-electron chi connectivity index (χ2n) is 2.48. The summed E-state index contributed by atoms with van der Waals surface area (Å²) in [7, 11) is 0. The molecule has 0 aliphatic rings. The fraction of sp³-hybridized carbons (Fsp3) is 0.889. The van der Waals surface area contributed by atoms with E-state index in [1.54, 1.807) is 0 Å². The van der Waals surface area contributed by atoms with Crippen molar-refractivity contribution in [2.45, 2.75) is 6.42 Å². The van der Waals surface area contributed by atoms with Crippen molar-refractivity contribution < 1.29 is 14.2 Å². The third kappa shape index (κ3) is 11.8. The van der Waals surface area contributed by atoms with Crippen LogP contribution in [0.15, 0.2) is 0 Å². The average molecular weight is 190 g/mol. The van der Waals surface area contributed by atoms with Gasteiger partial charge in [0.05, 0.1) is 33.0 Å². The summed E-state index contributed by atoms with van der Waals surface area (Å²) in [6.07, 6.45) is 0.805. The average Bonchev–Trinajstić information content (AvgIpc) is 2.16. The molecule has 0 aliphatic heterocycles. The Kier molecular flexibility index (Phi) is 11.7. The molecular weight excluding hydrogens is 170 g/mol. The van der Waals surface area contributed by atoms with Gasteiger partial charge in [-0.1, -0.05) is 6.92 Å². The van der Waals surface area contributed by atoms with Crippen molar-refractivity contribution in [2.24, 2.45) is 5.73 Å². The van der Waals surface area contributed by atoms with E-state index in [0.717, 1.165) is 6.42 Å². The number of hydrogen-bond donors (Lipinski definition) is 1. The third-order valence-electron chi connectivity index (χ3n) is 1.29. The molecule has 4 heteroatoms. The van der Waals surface area contributed by atoms with Crippen molar-refractivity contribution in [2.75, 3.05) is 46.2 Å². The zero-order chi connectivity index (χ0) is 9.78. The van der Waals surface area contributed by atoms with Gasteiger partial charge in [0, 0.05) is 13.2 Å². The van der Waals surface area contributed by atoms with Gasteiger partial charge in [0.25, 0.3) is 0 Å². The molecule has 0 aromatic rings. The van der Waals surface area contributed by atoms with Crippen molar-refractivity contribution in [3.63, 3.8) is 0 Å². The van der Waals surface area contributed by atoms with Crippen molar-refractivity contribution in [3.05, 3.63) is 6.92 Å². The molecule has 0 saturated carbocycles. The molecule has 0 fully saturated rings. The highest BCUT2D eigenvalue weighted by Gasteiger charge is 1.89. The molecule has 0 aliphatic carbocycles. The van der Waals surface area contributed by atoms with Gasteiger partial charge < -0.3 is 19.9 Å². The van der Waals surface area contributed by atoms with Crippen LogP contribution >= 0.6 is 0 Å². The van der Waals surface area contributed by atoms with E-state index in [9.17, 15) is 0 Å². The van der Waals surface area contributed by atoms with E-state index in [2.05, 4.69) is 6.92 Å². The molecular formula is C9H20NO3. The van der Waals surface area contributed by atoms with Crippen molar-refractivity contribution in [3.8, 4) is 0 Å². The number of nitrogens with two attached hydrogens (primary N) is 1. The molecule has 0 atom stereocenters. The molecule has 0 aromatic carbocycles. The van der Waals surface area contributed by atoms with E-state index in [4.69, 9.17) is 19.9 Å². The van der Waals surface area contributed by atoms with Crippen LogP contribution in [0.25, 0.3) is 0 Å². The normalized spacial score (nSPS) is 10.6. The Labute approximate surface area is 80.3 Å². The second-order valence-corrected chi connectivity index (χ2v) is 2.48. The van der Waals surface area contributed by atoms with Gasteiger partial charge in [0.1, 0.15) is 0 Å². The number of hydrogen-bond acceptors (Lipinski definition) is 4. The predicted molar refractivity (Wildman–Crippen MR) is 51.5 cm³/mol. The fourth-order valence-corrected chi connectivity index (χ4v) is 0.727. The third-order valence-corrected chi connectivity index (χ3v) is 1.29. The first kappa shape index (κ1) is 12.8. The SMILES string of the molecule is [CH2]CCOCCOCCOCCN. The van der Waals surface area contributed by atoms with E-state index >= 15 is 0 Å². The van der Waals surface area contributed by atoms with Gasteiger partial charge in [0.2, 0.25) is 0 Å². The van der Waals surface area contributed by atoms with Crippen LogP contribution in [0.5, 0.6) is 0 Å². The summed E-state index contributed by atoms with van der Waals surface area (Å²) in [6, 6.07) is 0. The van der Waals surface area contributed by atoms with E-state index in [-0.39, 0.29) is 0 Å². The lowest BCUT2D eigenvalue weighted by atomic mass is 10.5. The minimum Gasteiger partial charge on any atom is -0.379 e. The topological polar surface area (TPSA) is 53.7 Å². The summed E-state index contributed by atoms with van der Waals surface area (Å²) >= 11 is 0. The highest BCUT2D eigenvalue weighted by atomic mass is 16.5. The van der Waals surface area contributed by atoms with Gasteiger partial charge in [-0.3, -0.25) is 0 Å². The first-order valence-electron chi connectivity index (χ1n) is 4.64. The molecule has 0 aromatic heterocycles. The Bertz CT molecular complexity index is 80.9. The Morgan fingerprint density at radius 2 is 1.23 bits per heavy atom. The largest absolute Gasteiger partial charge is 0.379 e. The summed E-state index contributed by atoms with van der Waals surface area (Å²) in [5.41, 5.74) is 5.23. The van der Waals surface area contributed by atoms with Gasteiger partial charge >= 0.3 is 0 Å². The van der Waals surface area contributed by atoms with Gasteiger partial charge in [0.15, 0.2) is 0 Å². The summed E-state index contributed by atoms with van der Waals surface area (Å²) < 4.78 is 15.5. The van der Waals surface area contributed by atoms with Crippen LogP contribution in [0, 0.1) is 6.92 Å². The lowest BCUT2D eigenvalue weighted by Gasteiger charge is -2.05. The molecule has 0 spiro atoms. The minimum absolute atomic E-state index is 0.562. The van der Waals surface area contributed by atoms with Crippen molar-refractivity contribution in [1.82, 2.24) is 0 Å². The molecule has 0 unspecified atom stereocenters. The van der Waals surface area contributed by atoms with E-state index < -0.39 is 0 Å². The lowest BCUT2D eigenvalue weighted by Crippen LogP contribution is -2.13. The highest BCUT2D eigenvalue weighted by molar-refractivity contribution is 4.37. The van der Waals surface area contributed by atoms with Gasteiger partial charge in [-0.25, -0.2) is 0 Å². The van der Waals surface area contributed by atoms with Crippen LogP contribution in [0.3, 0.4) is 0 Å². The number of rotatable bonds is 10. The predicted octanol–water partition coefficient (Wildman–Crippen LogP) is 0.219. The zero-order valence-electron chi connectivity index (χ0n) is 8.17. The number of ether oxygens (including phenoxy) is 3. The summed E-state index contributed by atoms with van der Waals surface area (Å²) in [4.78, 5) is 0. The second kappa shape index (κ2) is 11.8. The first-order chi connectivity index (χ1) is 6.41. The monoisotopic (exact) mass is 190 g/mol. The molecule has 0 heterocycles. The van der Waals surface area contributed by atoms with Crippen LogP contribution < -0.4 is 5.73 Å². The van der Waals surface area contributed by atoms with Crippen LogP contribution in [0.1, 0.15) is 6.42 Å². The molecule has 1 radical (unpaired) electrons. The summed E-state index contributed by atoms with van der Waals surface area (Å²) in [5.74, 6) is 0. The Hall–Kier alpha value is -0.160. The van der Waals surface area contributed by atoms with Crippen LogP contribution in [-0.2, 0) is 14.2 Å². The molecule has 0 saturated heterocycles. The Morgan fingerprint density at radius 3 is 1.69 bits per heavy atom. The zero-order valence-corrected chi connectivity index (χ0v) is 8.17. The Morgan fingerprint density at radius 1 is 0.769 bits per heavy atom. The van der Waals surface area contributed by atoms with Gasteiger partial charge in [-0.2, -0.15) is 0 Å². The van der Waals surface area contributed by atoms with Crippen LogP contribution in [-0.4, -0.2) is 46.2 Å². The van der Waals surface area contributed by atoms with Crippen molar-refractivity contribution in [1.29, 1.82) is 0 Å². The van der Waals surface area contributed by atoms with E-state index in [1.165, 1.54) is 0 Å². The molecule has 0 bridgehead atoms. The fourth-order valence-electron chi connectivity index (χ4n) is 0.727. The maximum atomic E-state index is 5.23. The molecule has 79 valence electrons. The standard InChI is InChI=1S/C9H20NO3/c1-2-4-11-6-8-13-9-7-12-5-3-10/h1-10H2. The molecule has 0 amide bonds. The molecule has 4 nitrogen and oxygen atoms in total. The van der Waals surface area contributed by atoms with E-state index in [0.29, 0.717) is 46.2 Å². The van der Waals surface area contributed by atoms with Crippen LogP contribution in [0.4, 0.5) is 0 Å². The van der Waals surface area contributed by atoms with Crippen molar-refractivity contribution >= 4 is 0 Å². The summed E-state index contributed by atoms with van der Waals surface area (Å²) in [5, 5.41) is 0. The van der Waals surface area contributed by atoms with Crippen LogP contribution in [0.2, 0.25) is 0 Å². The highest BCUT2D eigenvalue weighted by Crippen LogP contribution is 1.82.